The molecular weight excluding hydrogens is 400 g/mol. The number of carbonyl (C=O) groups excluding carboxylic acids is 3. The molecule has 2 saturated carbocycles. The van der Waals surface area contributed by atoms with E-state index in [9.17, 15) is 29.7 Å². The minimum atomic E-state index is -2.24. The number of esters is 3. The van der Waals surface area contributed by atoms with Gasteiger partial charge in [0.1, 0.15) is 12.2 Å². The summed E-state index contributed by atoms with van der Waals surface area (Å²) in [6, 6.07) is 0. The average Bonchev–Trinajstić information content (AvgIpc) is 3.35. The number of carbonyl (C=O) groups is 3. The van der Waals surface area contributed by atoms with Crippen molar-refractivity contribution in [2.24, 2.45) is 28.1 Å². The van der Waals surface area contributed by atoms with Crippen LogP contribution in [0.3, 0.4) is 0 Å². The fourth-order valence-corrected chi connectivity index (χ4v) is 8.12. The number of rotatable bonds is 0. The Hall–Kier alpha value is -1.75. The molecular formula is C20H24O10. The number of fused-ring (bicyclic) bond motifs is 1. The van der Waals surface area contributed by atoms with Gasteiger partial charge in [-0.2, -0.15) is 0 Å². The Bertz CT molecular complexity index is 925. The molecule has 6 fully saturated rings. The highest BCUT2D eigenvalue weighted by atomic mass is 16.8. The minimum Gasteiger partial charge on any atom is -0.459 e. The second-order valence-electron chi connectivity index (χ2n) is 10.7. The molecule has 30 heavy (non-hydrogen) atoms. The maximum Gasteiger partial charge on any atom is 0.343 e. The van der Waals surface area contributed by atoms with Crippen LogP contribution in [0, 0.1) is 28.1 Å². The molecule has 6 aliphatic rings. The Balaban J connectivity index is 1.72. The molecule has 0 aromatic heterocycles. The van der Waals surface area contributed by atoms with E-state index in [1.807, 2.05) is 20.8 Å². The third kappa shape index (κ3) is 1.33. The van der Waals surface area contributed by atoms with Crippen LogP contribution in [0.1, 0.15) is 34.1 Å². The molecule has 10 nitrogen and oxygen atoms in total. The molecule has 4 aliphatic heterocycles. The summed E-state index contributed by atoms with van der Waals surface area (Å²) in [6.07, 6.45) is -6.91. The van der Waals surface area contributed by atoms with Gasteiger partial charge in [-0.15, -0.1) is 0 Å². The monoisotopic (exact) mass is 424 g/mol. The van der Waals surface area contributed by atoms with E-state index in [4.69, 9.17) is 18.9 Å². The molecule has 11 atom stereocenters. The lowest BCUT2D eigenvalue weighted by Crippen LogP contribution is -2.67. The van der Waals surface area contributed by atoms with Gasteiger partial charge in [-0.3, -0.25) is 4.79 Å². The highest BCUT2D eigenvalue weighted by Crippen LogP contribution is 2.84. The van der Waals surface area contributed by atoms with Gasteiger partial charge in [0.2, 0.25) is 11.9 Å². The van der Waals surface area contributed by atoms with Crippen LogP contribution in [0.15, 0.2) is 0 Å². The van der Waals surface area contributed by atoms with Gasteiger partial charge in [0, 0.05) is 0 Å². The normalized spacial score (nSPS) is 60.1. The van der Waals surface area contributed by atoms with Gasteiger partial charge in [-0.25, -0.2) is 9.59 Å². The average molecular weight is 424 g/mol. The van der Waals surface area contributed by atoms with E-state index in [0.717, 1.165) is 0 Å². The molecule has 2 spiro atoms. The molecule has 7 unspecified atom stereocenters. The second kappa shape index (κ2) is 4.69. The van der Waals surface area contributed by atoms with E-state index in [-0.39, 0.29) is 6.42 Å². The molecule has 0 aromatic rings. The summed E-state index contributed by atoms with van der Waals surface area (Å²) in [7, 11) is 0. The van der Waals surface area contributed by atoms with Crippen molar-refractivity contribution in [3.8, 4) is 0 Å². The number of hydrogen-bond donors (Lipinski definition) is 3. The van der Waals surface area contributed by atoms with Crippen molar-refractivity contribution in [1.82, 2.24) is 0 Å². The summed E-state index contributed by atoms with van der Waals surface area (Å²) in [5.41, 5.74) is -8.26. The molecule has 0 aromatic carbocycles. The molecule has 164 valence electrons. The first-order valence-corrected chi connectivity index (χ1v) is 10.2. The van der Waals surface area contributed by atoms with Crippen LogP contribution in [0.5, 0.6) is 0 Å². The largest absolute Gasteiger partial charge is 0.459 e. The summed E-state index contributed by atoms with van der Waals surface area (Å²) in [5, 5.41) is 34.7. The van der Waals surface area contributed by atoms with Crippen LogP contribution < -0.4 is 0 Å². The van der Waals surface area contributed by atoms with E-state index >= 15 is 0 Å². The summed E-state index contributed by atoms with van der Waals surface area (Å²) >= 11 is 0. The lowest BCUT2D eigenvalue weighted by atomic mass is 9.51. The lowest BCUT2D eigenvalue weighted by molar-refractivity contribution is -0.239. The van der Waals surface area contributed by atoms with E-state index in [2.05, 4.69) is 0 Å². The van der Waals surface area contributed by atoms with Crippen molar-refractivity contribution in [3.63, 3.8) is 0 Å². The number of ether oxygens (including phenoxy) is 4. The summed E-state index contributed by atoms with van der Waals surface area (Å²) in [4.78, 5) is 38.2. The molecule has 4 saturated heterocycles. The zero-order valence-corrected chi connectivity index (χ0v) is 16.9. The Morgan fingerprint density at radius 1 is 1.03 bits per heavy atom. The van der Waals surface area contributed by atoms with Crippen molar-refractivity contribution in [2.45, 2.75) is 76.0 Å². The highest BCUT2D eigenvalue weighted by Gasteiger charge is 3.03. The van der Waals surface area contributed by atoms with Gasteiger partial charge in [-0.05, 0) is 24.7 Å². The first-order valence-electron chi connectivity index (χ1n) is 10.2. The summed E-state index contributed by atoms with van der Waals surface area (Å²) in [6.45, 7) is 7.14. The van der Waals surface area contributed by atoms with Gasteiger partial charge in [-0.1, -0.05) is 20.8 Å². The molecule has 3 N–H and O–H groups in total. The minimum absolute atomic E-state index is 0.229. The van der Waals surface area contributed by atoms with Gasteiger partial charge in [0.05, 0.1) is 16.7 Å². The van der Waals surface area contributed by atoms with Gasteiger partial charge < -0.3 is 34.3 Å². The van der Waals surface area contributed by atoms with E-state index in [1.165, 1.54) is 6.92 Å². The van der Waals surface area contributed by atoms with Crippen LogP contribution in [-0.4, -0.2) is 75.1 Å². The van der Waals surface area contributed by atoms with Gasteiger partial charge in [0.15, 0.2) is 17.8 Å². The zero-order valence-electron chi connectivity index (χ0n) is 16.9. The Kier molecular flexibility index (Phi) is 2.97. The van der Waals surface area contributed by atoms with Crippen LogP contribution in [-0.2, 0) is 33.3 Å². The fraction of sp³-hybridized carbons (Fsp3) is 0.850. The molecule has 10 heteroatoms. The van der Waals surface area contributed by atoms with E-state index < -0.39 is 87.9 Å². The molecule has 2 aliphatic carbocycles. The second-order valence-corrected chi connectivity index (χ2v) is 10.7. The van der Waals surface area contributed by atoms with E-state index in [1.54, 1.807) is 0 Å². The van der Waals surface area contributed by atoms with Crippen LogP contribution in [0.25, 0.3) is 0 Å². The van der Waals surface area contributed by atoms with Crippen LogP contribution >= 0.6 is 0 Å². The van der Waals surface area contributed by atoms with Crippen molar-refractivity contribution in [3.05, 3.63) is 0 Å². The van der Waals surface area contributed by atoms with Gasteiger partial charge >= 0.3 is 17.9 Å². The first kappa shape index (κ1) is 19.0. The third-order valence-electron chi connectivity index (χ3n) is 9.00. The maximum absolute atomic E-state index is 13.4. The number of hydrogen-bond acceptors (Lipinski definition) is 10. The predicted molar refractivity (Wildman–Crippen MR) is 92.0 cm³/mol. The van der Waals surface area contributed by atoms with Crippen molar-refractivity contribution < 1.29 is 48.7 Å². The number of aliphatic hydroxyl groups is 3. The van der Waals surface area contributed by atoms with Crippen LogP contribution in [0.4, 0.5) is 0 Å². The topological polar surface area (TPSA) is 149 Å². The molecule has 0 bridgehead atoms. The van der Waals surface area contributed by atoms with Crippen LogP contribution in [0.2, 0.25) is 0 Å². The maximum atomic E-state index is 13.4. The predicted octanol–water partition coefficient (Wildman–Crippen LogP) is -1.37. The van der Waals surface area contributed by atoms with Crippen molar-refractivity contribution in [1.29, 1.82) is 0 Å². The lowest BCUT2D eigenvalue weighted by Gasteiger charge is -2.47. The Labute approximate surface area is 171 Å². The smallest absolute Gasteiger partial charge is 0.343 e. The van der Waals surface area contributed by atoms with Crippen molar-refractivity contribution >= 4 is 17.9 Å². The third-order valence-corrected chi connectivity index (χ3v) is 9.00. The zero-order chi connectivity index (χ0) is 21.8. The quantitative estimate of drug-likeness (QED) is 0.314. The fourth-order valence-electron chi connectivity index (χ4n) is 8.12. The molecule has 4 heterocycles. The molecule has 0 radical (unpaired) electrons. The summed E-state index contributed by atoms with van der Waals surface area (Å²) < 4.78 is 22.5. The summed E-state index contributed by atoms with van der Waals surface area (Å²) in [5.74, 6) is -4.32. The van der Waals surface area contributed by atoms with Gasteiger partial charge in [0.25, 0.3) is 0 Å². The molecule has 6 rings (SSSR count). The van der Waals surface area contributed by atoms with E-state index in [0.29, 0.717) is 0 Å². The Morgan fingerprint density at radius 3 is 2.33 bits per heavy atom. The molecule has 0 amide bonds. The standard InChI is InChI=1S/C20H24O10/c1-6-12(23)28-11-9(21)18-8-5-7(16(2,3)4)17(18)10(22)13(24)29-15(17)30-20(18,14(25)27-8)19(6,11)26/h6-11,15,21-22,26H,5H2,1-4H3/t6?,7?,8?,9?,10?,11-,15-,17?,18?,19+,20-/m0/s1. The Morgan fingerprint density at radius 2 is 1.70 bits per heavy atom. The SMILES string of the molecule is CC1C(=O)O[C@H]2C(O)C34C5CC(C(C)(C)C)C36C(O)C(=O)O[C@H]6O[C@]4(C(=O)O5)[C@@]12O. The number of aliphatic hydroxyl groups excluding tert-OH is 2. The first-order chi connectivity index (χ1) is 13.8. The highest BCUT2D eigenvalue weighted by molar-refractivity contribution is 5.94. The van der Waals surface area contributed by atoms with Crippen molar-refractivity contribution in [2.75, 3.05) is 0 Å².